The molecule has 2 aliphatic carbocycles. The standard InChI is InChI=1S/2C33H39N3.6CN.2Cu.Fe/c2*1-6-34-32-24-23-31(29-13-11-12-14-30(29)32)33(25-15-19-27(20-16-25)35(7-2)8-3)26-17-21-28(22-18-26)36(9-4)10-5;6*1-2;;;/h2*11-24H,6-10H2,1-5H3;;;;;;;;;/q;;6*-1;2*+1;+2/p+2. The van der Waals surface area contributed by atoms with Crippen molar-refractivity contribution < 1.29 is 61.2 Å². The Kier molecular flexibility index (Phi) is 45.1. The molecule has 0 saturated carbocycles. The summed E-state index contributed by atoms with van der Waals surface area (Å²) in [5, 5.41) is 37.5. The molecule has 15 heteroatoms. The van der Waals surface area contributed by atoms with Crippen LogP contribution in [0.1, 0.15) is 114 Å². The van der Waals surface area contributed by atoms with E-state index in [1.54, 1.807) is 0 Å². The minimum absolute atomic E-state index is 0. The third kappa shape index (κ3) is 22.0. The second-order valence-corrected chi connectivity index (χ2v) is 18.1. The number of hydrogen-bond donors (Lipinski definition) is 2. The van der Waals surface area contributed by atoms with Gasteiger partial charge in [0.05, 0.1) is 11.1 Å². The van der Waals surface area contributed by atoms with Crippen LogP contribution in [0.4, 0.5) is 22.7 Å². The second-order valence-electron chi connectivity index (χ2n) is 18.1. The molecule has 0 radical (unpaired) electrons. The van der Waals surface area contributed by atoms with Crippen molar-refractivity contribution >= 4 is 56.5 Å². The molecule has 6 aromatic carbocycles. The van der Waals surface area contributed by atoms with Crippen molar-refractivity contribution in [1.29, 1.82) is 31.6 Å². The van der Waals surface area contributed by atoms with Crippen LogP contribution in [0.15, 0.2) is 170 Å². The third-order valence-corrected chi connectivity index (χ3v) is 14.3. The molecular formula is C72H80Cu2FeN12. The fourth-order valence-corrected chi connectivity index (χ4v) is 10.4. The zero-order chi connectivity index (χ0) is 63.0. The van der Waals surface area contributed by atoms with Gasteiger partial charge in [0.2, 0.25) is 11.4 Å². The Balaban J connectivity index is -0.00000134. The molecule has 8 rings (SSSR count). The fraction of sp³-hybridized carbons (Fsp3) is 0.278. The summed E-state index contributed by atoms with van der Waals surface area (Å²) in [7, 11) is 0. The molecule has 458 valence electrons. The number of benzene rings is 6. The van der Waals surface area contributed by atoms with Crippen LogP contribution in [0.2, 0.25) is 0 Å². The normalized spacial score (nSPS) is 11.4. The first-order valence-electron chi connectivity index (χ1n) is 28.3. The van der Waals surface area contributed by atoms with E-state index in [0.717, 1.165) is 65.4 Å². The van der Waals surface area contributed by atoms with Gasteiger partial charge < -0.3 is 90.6 Å². The molecule has 2 N–H and O–H groups in total. The van der Waals surface area contributed by atoms with Gasteiger partial charge >= 0.3 is 51.2 Å². The van der Waals surface area contributed by atoms with E-state index in [2.05, 4.69) is 269 Å². The number of nitrogens with zero attached hydrogens (tertiary/aromatic N) is 10. The monoisotopic (exact) mass is 1290 g/mol. The molecule has 87 heavy (non-hydrogen) atoms. The van der Waals surface area contributed by atoms with E-state index in [-0.39, 0.29) is 51.2 Å². The molecule has 6 aromatic rings. The van der Waals surface area contributed by atoms with Gasteiger partial charge in [-0.1, -0.05) is 84.9 Å². The Morgan fingerprint density at radius 1 is 0.299 bits per heavy atom. The maximum atomic E-state index is 6.25. The molecular weight excluding hydrogens is 1220 g/mol. The maximum Gasteiger partial charge on any atom is 2.00 e. The molecule has 2 aliphatic rings. The molecule has 0 unspecified atom stereocenters. The molecule has 0 fully saturated rings. The summed E-state index contributed by atoms with van der Waals surface area (Å²) < 4.78 is 0. The van der Waals surface area contributed by atoms with Crippen molar-refractivity contribution in [1.82, 2.24) is 0 Å². The van der Waals surface area contributed by atoms with E-state index in [1.165, 1.54) is 101 Å². The van der Waals surface area contributed by atoms with Crippen molar-refractivity contribution in [3.8, 4) is 0 Å². The van der Waals surface area contributed by atoms with Crippen molar-refractivity contribution in [2.45, 2.75) is 69.2 Å². The number of anilines is 4. The Morgan fingerprint density at radius 2 is 0.494 bits per heavy atom. The van der Waals surface area contributed by atoms with Gasteiger partial charge in [-0.2, -0.15) is 0 Å². The van der Waals surface area contributed by atoms with Gasteiger partial charge in [-0.3, -0.25) is 0 Å². The zero-order valence-electron chi connectivity index (χ0n) is 51.7. The topological polar surface area (TPSA) is 184 Å². The van der Waals surface area contributed by atoms with E-state index in [9.17, 15) is 0 Å². The van der Waals surface area contributed by atoms with Crippen molar-refractivity contribution in [3.05, 3.63) is 254 Å². The summed E-state index contributed by atoms with van der Waals surface area (Å²) in [4.78, 5) is 16.7. The molecule has 0 atom stereocenters. The van der Waals surface area contributed by atoms with Crippen LogP contribution in [0.5, 0.6) is 0 Å². The fourth-order valence-electron chi connectivity index (χ4n) is 10.4. The minimum Gasteiger partial charge on any atom is -0.512 e. The molecule has 0 bridgehead atoms. The van der Waals surface area contributed by atoms with Crippen molar-refractivity contribution in [2.75, 3.05) is 85.0 Å². The summed E-state index contributed by atoms with van der Waals surface area (Å²) in [5.41, 5.74) is 22.5. The number of fused-ring (bicyclic) bond motifs is 2. The van der Waals surface area contributed by atoms with Gasteiger partial charge in [0.15, 0.2) is 0 Å². The molecule has 0 heterocycles. The molecule has 12 nitrogen and oxygen atoms in total. The average molecular weight is 1300 g/mol. The van der Waals surface area contributed by atoms with Gasteiger partial charge in [0.1, 0.15) is 13.1 Å². The van der Waals surface area contributed by atoms with Gasteiger partial charge in [0.25, 0.3) is 0 Å². The first-order valence-corrected chi connectivity index (χ1v) is 28.3. The van der Waals surface area contributed by atoms with E-state index in [4.69, 9.17) is 71.0 Å². The van der Waals surface area contributed by atoms with E-state index in [0.29, 0.717) is 0 Å². The summed E-state index contributed by atoms with van der Waals surface area (Å²) in [5.74, 6) is 0. The molecule has 0 saturated heterocycles. The Labute approximate surface area is 553 Å². The van der Waals surface area contributed by atoms with E-state index in [1.807, 2.05) is 0 Å². The predicted octanol–water partition coefficient (Wildman–Crippen LogP) is 12.2. The summed E-state index contributed by atoms with van der Waals surface area (Å²) in [6.07, 6.45) is 9.03. The van der Waals surface area contributed by atoms with Crippen LogP contribution in [0.3, 0.4) is 0 Å². The summed E-state index contributed by atoms with van der Waals surface area (Å²) >= 11 is 0. The molecule has 0 aromatic heterocycles. The molecule has 0 spiro atoms. The van der Waals surface area contributed by atoms with Crippen LogP contribution in [-0.4, -0.2) is 76.9 Å². The summed E-state index contributed by atoms with van der Waals surface area (Å²) in [6.45, 7) is 60.4. The Hall–Kier alpha value is -8.68. The van der Waals surface area contributed by atoms with Gasteiger partial charge in [-0.25, -0.2) is 9.98 Å². The van der Waals surface area contributed by atoms with Gasteiger partial charge in [-0.05, 0) is 198 Å². The van der Waals surface area contributed by atoms with Crippen molar-refractivity contribution in [2.24, 2.45) is 0 Å². The Bertz CT molecular complexity index is 2860. The van der Waals surface area contributed by atoms with E-state index < -0.39 is 0 Å². The smallest absolute Gasteiger partial charge is 0.512 e. The first kappa shape index (κ1) is 82.5. The molecule has 0 aliphatic heterocycles. The Morgan fingerprint density at radius 3 is 0.678 bits per heavy atom. The minimum atomic E-state index is 0. The third-order valence-electron chi connectivity index (χ3n) is 14.3. The first-order chi connectivity index (χ1) is 41.3. The van der Waals surface area contributed by atoms with E-state index >= 15 is 0 Å². The van der Waals surface area contributed by atoms with Crippen LogP contribution in [0.25, 0.3) is 22.3 Å². The largest absolute Gasteiger partial charge is 2.00 e. The van der Waals surface area contributed by atoms with Crippen LogP contribution in [0, 0.1) is 71.0 Å². The number of hydrogen-bond acceptors (Lipinski definition) is 10. The predicted molar refractivity (Wildman–Crippen MR) is 344 cm³/mol. The van der Waals surface area contributed by atoms with Crippen LogP contribution in [-0.2, 0) is 51.2 Å². The van der Waals surface area contributed by atoms with Gasteiger partial charge in [-0.15, -0.1) is 0 Å². The maximum absolute atomic E-state index is 6.25. The van der Waals surface area contributed by atoms with Crippen LogP contribution >= 0.6 is 0 Å². The number of allylic oxidation sites excluding steroid dienone is 6. The average Bonchev–Trinajstić information content (AvgIpc) is 1.62. The quantitative estimate of drug-likeness (QED) is 0.0620. The number of nitrogens with one attached hydrogen (secondary N) is 2. The van der Waals surface area contributed by atoms with Crippen molar-refractivity contribution in [3.63, 3.8) is 0 Å². The zero-order valence-corrected chi connectivity index (χ0v) is 54.7. The van der Waals surface area contributed by atoms with Crippen LogP contribution < -0.4 is 29.6 Å². The second kappa shape index (κ2) is 47.6. The van der Waals surface area contributed by atoms with Gasteiger partial charge in [0, 0.05) is 87.3 Å². The number of rotatable bonds is 18. The summed E-state index contributed by atoms with van der Waals surface area (Å²) in [6, 6.07) is 53.9. The molecule has 0 amide bonds. The SMILES string of the molecule is CC[NH+]=C1C=CC(=C(c2ccc(N(CC)CC)cc2)c2ccc(N(CC)CC)cc2)c2ccccc21.CC[NH+]=C1C=CC(=C(c2ccc(N(CC)CC)cc2)c2ccc(N(CC)CC)cc2)c2ccccc21.[C-]#N.[C-]#N.[C-]#N.[C-]#N.[C-]#N.[C-]#N.[Cu+].[Cu+].[Fe+2].